The maximum atomic E-state index is 10.7. The number of pyridine rings is 1. The second kappa shape index (κ2) is 8.94. The van der Waals surface area contributed by atoms with Gasteiger partial charge in [0.1, 0.15) is 5.75 Å². The first kappa shape index (κ1) is 21.1. The molecule has 2 aliphatic rings. The molecule has 1 aliphatic carbocycles. The Balaban J connectivity index is 1.59. The first-order valence-corrected chi connectivity index (χ1v) is 11.3. The van der Waals surface area contributed by atoms with Crippen molar-refractivity contribution in [3.05, 3.63) is 53.9 Å². The lowest BCUT2D eigenvalue weighted by Crippen LogP contribution is -2.37. The Hall–Kier alpha value is -2.11. The van der Waals surface area contributed by atoms with Crippen LogP contribution in [-0.2, 0) is 6.54 Å². The van der Waals surface area contributed by atoms with Crippen LogP contribution in [0.1, 0.15) is 56.6 Å². The molecule has 0 radical (unpaired) electrons. The number of nitrogens with zero attached hydrogens (tertiary/aromatic N) is 2. The second-order valence-electron chi connectivity index (χ2n) is 9.29. The van der Waals surface area contributed by atoms with Gasteiger partial charge in [-0.15, -0.1) is 0 Å². The lowest BCUT2D eigenvalue weighted by molar-refractivity contribution is 0.0474. The molecule has 162 valence electrons. The Labute approximate surface area is 180 Å². The molecule has 1 saturated carbocycles. The maximum absolute atomic E-state index is 10.7. The highest BCUT2D eigenvalue weighted by Crippen LogP contribution is 2.47. The second-order valence-corrected chi connectivity index (χ2v) is 9.29. The van der Waals surface area contributed by atoms with Crippen molar-refractivity contribution in [2.45, 2.75) is 64.2 Å². The SMILES string of the molecule is CNc1ccc([C@@H]2CN(Cc3ccncc3)C[C@@]2(C)[C@@H](C)O)cc1OC1CCCC1. The molecule has 1 saturated heterocycles. The van der Waals surface area contributed by atoms with Gasteiger partial charge >= 0.3 is 0 Å². The van der Waals surface area contributed by atoms with Crippen molar-refractivity contribution in [2.75, 3.05) is 25.5 Å². The molecular weight excluding hydrogens is 374 g/mol. The zero-order chi connectivity index (χ0) is 21.1. The molecule has 1 aromatic heterocycles. The monoisotopic (exact) mass is 409 g/mol. The summed E-state index contributed by atoms with van der Waals surface area (Å²) in [5, 5.41) is 14.0. The van der Waals surface area contributed by atoms with E-state index in [0.717, 1.165) is 43.9 Å². The fourth-order valence-corrected chi connectivity index (χ4v) is 5.15. The highest BCUT2D eigenvalue weighted by atomic mass is 16.5. The topological polar surface area (TPSA) is 57.6 Å². The van der Waals surface area contributed by atoms with Crippen molar-refractivity contribution < 1.29 is 9.84 Å². The molecule has 0 unspecified atom stereocenters. The van der Waals surface area contributed by atoms with E-state index in [1.54, 1.807) is 0 Å². The first-order chi connectivity index (χ1) is 14.5. The predicted octanol–water partition coefficient (Wildman–Crippen LogP) is 4.43. The van der Waals surface area contributed by atoms with Crippen molar-refractivity contribution in [3.63, 3.8) is 0 Å². The van der Waals surface area contributed by atoms with Gasteiger partial charge in [-0.05, 0) is 68.0 Å². The number of rotatable bonds is 7. The summed E-state index contributed by atoms with van der Waals surface area (Å²) < 4.78 is 6.40. The lowest BCUT2D eigenvalue weighted by Gasteiger charge is -2.34. The summed E-state index contributed by atoms with van der Waals surface area (Å²) in [6, 6.07) is 10.7. The number of nitrogens with one attached hydrogen (secondary N) is 1. The quantitative estimate of drug-likeness (QED) is 0.708. The van der Waals surface area contributed by atoms with Crippen LogP contribution in [-0.4, -0.2) is 47.3 Å². The van der Waals surface area contributed by atoms with Crippen LogP contribution in [0.15, 0.2) is 42.7 Å². The highest BCUT2D eigenvalue weighted by Gasteiger charge is 2.47. The molecule has 5 heteroatoms. The number of hydrogen-bond acceptors (Lipinski definition) is 5. The third-order valence-electron chi connectivity index (χ3n) is 7.18. The number of anilines is 1. The maximum Gasteiger partial charge on any atom is 0.143 e. The van der Waals surface area contributed by atoms with Crippen LogP contribution >= 0.6 is 0 Å². The summed E-state index contributed by atoms with van der Waals surface area (Å²) in [6.07, 6.45) is 8.41. The normalized spacial score (nSPS) is 26.1. The van der Waals surface area contributed by atoms with E-state index in [4.69, 9.17) is 4.74 Å². The van der Waals surface area contributed by atoms with Gasteiger partial charge in [0, 0.05) is 50.4 Å². The molecule has 2 N–H and O–H groups in total. The van der Waals surface area contributed by atoms with Crippen LogP contribution in [0.4, 0.5) is 5.69 Å². The van der Waals surface area contributed by atoms with E-state index in [0.29, 0.717) is 6.10 Å². The molecule has 4 rings (SSSR count). The molecule has 2 fully saturated rings. The summed E-state index contributed by atoms with van der Waals surface area (Å²) in [5.74, 6) is 1.19. The third-order valence-corrected chi connectivity index (χ3v) is 7.18. The van der Waals surface area contributed by atoms with Crippen LogP contribution in [0, 0.1) is 5.41 Å². The summed E-state index contributed by atoms with van der Waals surface area (Å²) >= 11 is 0. The Kier molecular flexibility index (Phi) is 6.30. The van der Waals surface area contributed by atoms with Crippen LogP contribution < -0.4 is 10.1 Å². The molecule has 3 atom stereocenters. The van der Waals surface area contributed by atoms with Gasteiger partial charge in [0.2, 0.25) is 0 Å². The number of hydrogen-bond donors (Lipinski definition) is 2. The number of likely N-dealkylation sites (tertiary alicyclic amines) is 1. The fourth-order valence-electron chi connectivity index (χ4n) is 5.15. The minimum absolute atomic E-state index is 0.210. The summed E-state index contributed by atoms with van der Waals surface area (Å²) in [4.78, 5) is 6.58. The van der Waals surface area contributed by atoms with Gasteiger partial charge in [-0.25, -0.2) is 0 Å². The Morgan fingerprint density at radius 1 is 1.23 bits per heavy atom. The summed E-state index contributed by atoms with van der Waals surface area (Å²) in [5.41, 5.74) is 3.34. The van der Waals surface area contributed by atoms with Crippen molar-refractivity contribution in [1.29, 1.82) is 0 Å². The van der Waals surface area contributed by atoms with Crippen LogP contribution in [0.2, 0.25) is 0 Å². The number of benzene rings is 1. The molecule has 1 aromatic carbocycles. The van der Waals surface area contributed by atoms with Gasteiger partial charge in [-0.2, -0.15) is 0 Å². The molecular formula is C25H35N3O2. The number of ether oxygens (including phenoxy) is 1. The van der Waals surface area contributed by atoms with Gasteiger partial charge in [0.25, 0.3) is 0 Å². The molecule has 30 heavy (non-hydrogen) atoms. The average molecular weight is 410 g/mol. The van der Waals surface area contributed by atoms with E-state index >= 15 is 0 Å². The molecule has 0 spiro atoms. The Morgan fingerprint density at radius 2 is 1.97 bits per heavy atom. The molecule has 5 nitrogen and oxygen atoms in total. The summed E-state index contributed by atoms with van der Waals surface area (Å²) in [7, 11) is 1.95. The predicted molar refractivity (Wildman–Crippen MR) is 121 cm³/mol. The first-order valence-electron chi connectivity index (χ1n) is 11.3. The van der Waals surface area contributed by atoms with E-state index in [-0.39, 0.29) is 11.3 Å². The average Bonchev–Trinajstić information content (AvgIpc) is 3.37. The third kappa shape index (κ3) is 4.33. The zero-order valence-corrected chi connectivity index (χ0v) is 18.5. The number of aliphatic hydroxyl groups excluding tert-OH is 1. The standard InChI is InChI=1S/C25H35N3O2/c1-18(29)25(2)17-28(15-19-10-12-27-13-11-19)16-22(25)20-8-9-23(26-3)24(14-20)30-21-6-4-5-7-21/h8-14,18,21-22,26,29H,4-7,15-17H2,1-3H3/t18-,22+,25+/m1/s1. The minimum atomic E-state index is -0.395. The Bertz CT molecular complexity index is 836. The smallest absolute Gasteiger partial charge is 0.143 e. The van der Waals surface area contributed by atoms with Gasteiger partial charge < -0.3 is 15.2 Å². The van der Waals surface area contributed by atoms with E-state index in [2.05, 4.69) is 52.5 Å². The zero-order valence-electron chi connectivity index (χ0n) is 18.5. The molecule has 0 bridgehead atoms. The van der Waals surface area contributed by atoms with Crippen LogP contribution in [0.3, 0.4) is 0 Å². The molecule has 1 aliphatic heterocycles. The van der Waals surface area contributed by atoms with Gasteiger partial charge in [-0.1, -0.05) is 13.0 Å². The van der Waals surface area contributed by atoms with Crippen molar-refractivity contribution >= 4 is 5.69 Å². The fraction of sp³-hybridized carbons (Fsp3) is 0.560. The van der Waals surface area contributed by atoms with Gasteiger partial charge in [-0.3, -0.25) is 9.88 Å². The number of aromatic nitrogens is 1. The van der Waals surface area contributed by atoms with E-state index in [1.807, 2.05) is 26.4 Å². The lowest BCUT2D eigenvalue weighted by atomic mass is 9.72. The van der Waals surface area contributed by atoms with E-state index < -0.39 is 6.10 Å². The van der Waals surface area contributed by atoms with Crippen LogP contribution in [0.5, 0.6) is 5.75 Å². The van der Waals surface area contributed by atoms with Gasteiger partial charge in [0.05, 0.1) is 17.9 Å². The van der Waals surface area contributed by atoms with E-state index in [9.17, 15) is 5.11 Å². The Morgan fingerprint density at radius 3 is 2.63 bits per heavy atom. The molecule has 2 aromatic rings. The van der Waals surface area contributed by atoms with E-state index in [1.165, 1.54) is 24.0 Å². The molecule has 2 heterocycles. The summed E-state index contributed by atoms with van der Waals surface area (Å²) in [6.45, 7) is 6.82. The van der Waals surface area contributed by atoms with Crippen LogP contribution in [0.25, 0.3) is 0 Å². The van der Waals surface area contributed by atoms with Crippen molar-refractivity contribution in [1.82, 2.24) is 9.88 Å². The number of aliphatic hydroxyl groups is 1. The van der Waals surface area contributed by atoms with Gasteiger partial charge in [0.15, 0.2) is 0 Å². The highest BCUT2D eigenvalue weighted by molar-refractivity contribution is 5.58. The molecule has 0 amide bonds. The largest absolute Gasteiger partial charge is 0.488 e. The minimum Gasteiger partial charge on any atom is -0.488 e. The van der Waals surface area contributed by atoms with Crippen molar-refractivity contribution in [2.24, 2.45) is 5.41 Å². The van der Waals surface area contributed by atoms with Crippen molar-refractivity contribution in [3.8, 4) is 5.75 Å².